The van der Waals surface area contributed by atoms with Crippen LogP contribution in [-0.2, 0) is 15.6 Å². The van der Waals surface area contributed by atoms with Crippen LogP contribution in [0.15, 0.2) is 24.3 Å². The minimum Gasteiger partial charge on any atom is -0.508 e. The van der Waals surface area contributed by atoms with E-state index in [1.807, 2.05) is 0 Å². The number of sulfone groups is 1. The third-order valence-corrected chi connectivity index (χ3v) is 4.85. The lowest BCUT2D eigenvalue weighted by molar-refractivity contribution is 0.423. The molecule has 5 heteroatoms. The third kappa shape index (κ3) is 3.99. The van der Waals surface area contributed by atoms with E-state index >= 15 is 0 Å². The van der Waals surface area contributed by atoms with Crippen molar-refractivity contribution in [3.05, 3.63) is 29.8 Å². The Bertz CT molecular complexity index is 493. The molecule has 1 saturated heterocycles. The molecule has 1 aliphatic heterocycles. The molecular formula is C13H19NO3S. The lowest BCUT2D eigenvalue weighted by atomic mass is 10.1. The van der Waals surface area contributed by atoms with E-state index in [0.717, 1.165) is 25.8 Å². The smallest absolute Gasteiger partial charge is 0.155 e. The molecule has 0 radical (unpaired) electrons. The first-order chi connectivity index (χ1) is 8.55. The molecule has 0 saturated carbocycles. The van der Waals surface area contributed by atoms with Gasteiger partial charge in [-0.3, -0.25) is 0 Å². The van der Waals surface area contributed by atoms with Gasteiger partial charge in [-0.25, -0.2) is 8.42 Å². The maximum Gasteiger partial charge on any atom is 0.155 e. The normalized spacial score (nSPS) is 20.8. The zero-order valence-electron chi connectivity index (χ0n) is 10.3. The number of hydrogen-bond acceptors (Lipinski definition) is 4. The maximum atomic E-state index is 12.1. The van der Waals surface area contributed by atoms with Crippen LogP contribution >= 0.6 is 0 Å². The largest absolute Gasteiger partial charge is 0.508 e. The van der Waals surface area contributed by atoms with E-state index in [1.165, 1.54) is 6.07 Å². The van der Waals surface area contributed by atoms with Gasteiger partial charge in [0.2, 0.25) is 0 Å². The van der Waals surface area contributed by atoms with Gasteiger partial charge in [0.05, 0.1) is 11.5 Å². The first kappa shape index (κ1) is 13.4. The predicted octanol–water partition coefficient (Wildman–Crippen LogP) is 1.45. The molecule has 0 aromatic heterocycles. The van der Waals surface area contributed by atoms with Crippen molar-refractivity contribution in [1.29, 1.82) is 0 Å². The molecule has 4 nitrogen and oxygen atoms in total. The van der Waals surface area contributed by atoms with Crippen LogP contribution in [0.5, 0.6) is 5.75 Å². The molecule has 1 atom stereocenters. The first-order valence-electron chi connectivity index (χ1n) is 6.27. The fraction of sp³-hybridized carbons (Fsp3) is 0.538. The Morgan fingerprint density at radius 2 is 2.17 bits per heavy atom. The van der Waals surface area contributed by atoms with Gasteiger partial charge in [0.1, 0.15) is 5.75 Å². The van der Waals surface area contributed by atoms with Crippen molar-refractivity contribution in [2.24, 2.45) is 0 Å². The fourth-order valence-electron chi connectivity index (χ4n) is 2.33. The van der Waals surface area contributed by atoms with Crippen LogP contribution in [0.25, 0.3) is 0 Å². The molecule has 2 N–H and O–H groups in total. The quantitative estimate of drug-likeness (QED) is 0.868. The van der Waals surface area contributed by atoms with E-state index in [1.54, 1.807) is 18.2 Å². The van der Waals surface area contributed by atoms with E-state index in [4.69, 9.17) is 0 Å². The standard InChI is InChI=1S/C13H19NO3S/c15-13-6-3-4-11(8-13)9-18(16,17)10-12-5-1-2-7-14-12/h3-4,6,8,12,14-15H,1-2,5,7,9-10H2. The number of nitrogens with one attached hydrogen (secondary N) is 1. The van der Waals surface area contributed by atoms with Gasteiger partial charge in [-0.05, 0) is 37.1 Å². The van der Waals surface area contributed by atoms with Crippen LogP contribution in [0.3, 0.4) is 0 Å². The predicted molar refractivity (Wildman–Crippen MR) is 71.2 cm³/mol. The number of benzene rings is 1. The molecule has 1 unspecified atom stereocenters. The Kier molecular flexibility index (Phi) is 4.24. The summed E-state index contributed by atoms with van der Waals surface area (Å²) < 4.78 is 24.1. The molecule has 1 fully saturated rings. The van der Waals surface area contributed by atoms with Crippen LogP contribution in [0.4, 0.5) is 0 Å². The summed E-state index contributed by atoms with van der Waals surface area (Å²) in [5.41, 5.74) is 0.644. The van der Waals surface area contributed by atoms with Gasteiger partial charge in [0, 0.05) is 6.04 Å². The van der Waals surface area contributed by atoms with Gasteiger partial charge < -0.3 is 10.4 Å². The van der Waals surface area contributed by atoms with Crippen LogP contribution < -0.4 is 5.32 Å². The number of rotatable bonds is 4. The Balaban J connectivity index is 1.98. The molecule has 2 rings (SSSR count). The summed E-state index contributed by atoms with van der Waals surface area (Å²) in [6, 6.07) is 6.52. The topological polar surface area (TPSA) is 66.4 Å². The molecule has 1 aliphatic rings. The number of phenolic OH excluding ortho intramolecular Hbond substituents is 1. The number of phenols is 1. The van der Waals surface area contributed by atoms with Gasteiger partial charge in [0.15, 0.2) is 9.84 Å². The van der Waals surface area contributed by atoms with Gasteiger partial charge in [-0.2, -0.15) is 0 Å². The average molecular weight is 269 g/mol. The highest BCUT2D eigenvalue weighted by Crippen LogP contribution is 2.16. The second kappa shape index (κ2) is 5.71. The molecule has 0 amide bonds. The summed E-state index contributed by atoms with van der Waals surface area (Å²) in [6.07, 6.45) is 3.15. The SMILES string of the molecule is O=S(=O)(Cc1cccc(O)c1)CC1CCCCN1. The summed E-state index contributed by atoms with van der Waals surface area (Å²) in [4.78, 5) is 0. The summed E-state index contributed by atoms with van der Waals surface area (Å²) in [6.45, 7) is 0.909. The Hall–Kier alpha value is -1.07. The molecule has 1 aromatic rings. The van der Waals surface area contributed by atoms with Crippen LogP contribution in [0, 0.1) is 0 Å². The molecule has 1 aromatic carbocycles. The summed E-state index contributed by atoms with van der Waals surface area (Å²) in [5, 5.41) is 12.6. The number of aromatic hydroxyl groups is 1. The lowest BCUT2D eigenvalue weighted by Crippen LogP contribution is -2.39. The van der Waals surface area contributed by atoms with Gasteiger partial charge in [-0.1, -0.05) is 18.6 Å². The highest BCUT2D eigenvalue weighted by Gasteiger charge is 2.21. The summed E-state index contributed by atoms with van der Waals surface area (Å²) >= 11 is 0. The molecule has 0 spiro atoms. The molecule has 0 bridgehead atoms. The van der Waals surface area contributed by atoms with E-state index in [-0.39, 0.29) is 23.3 Å². The van der Waals surface area contributed by atoms with E-state index in [2.05, 4.69) is 5.32 Å². The van der Waals surface area contributed by atoms with Gasteiger partial charge in [-0.15, -0.1) is 0 Å². The maximum absolute atomic E-state index is 12.1. The molecular weight excluding hydrogens is 250 g/mol. The minimum absolute atomic E-state index is 0.000417. The zero-order valence-corrected chi connectivity index (χ0v) is 11.1. The van der Waals surface area contributed by atoms with Crippen molar-refractivity contribution in [3.63, 3.8) is 0 Å². The van der Waals surface area contributed by atoms with Crippen LogP contribution in [-0.4, -0.2) is 31.9 Å². The summed E-state index contributed by atoms with van der Waals surface area (Å²) in [5.74, 6) is 0.292. The number of piperidine rings is 1. The van der Waals surface area contributed by atoms with Crippen molar-refractivity contribution in [3.8, 4) is 5.75 Å². The Morgan fingerprint density at radius 1 is 1.33 bits per heavy atom. The van der Waals surface area contributed by atoms with E-state index in [9.17, 15) is 13.5 Å². The van der Waals surface area contributed by atoms with Crippen LogP contribution in [0.1, 0.15) is 24.8 Å². The van der Waals surface area contributed by atoms with Gasteiger partial charge >= 0.3 is 0 Å². The van der Waals surface area contributed by atoms with Crippen molar-refractivity contribution >= 4 is 9.84 Å². The Labute approximate surface area is 108 Å². The molecule has 1 heterocycles. The average Bonchev–Trinajstić information content (AvgIpc) is 2.28. The van der Waals surface area contributed by atoms with Crippen molar-refractivity contribution in [2.75, 3.05) is 12.3 Å². The zero-order chi connectivity index (χ0) is 13.0. The highest BCUT2D eigenvalue weighted by molar-refractivity contribution is 7.90. The van der Waals surface area contributed by atoms with E-state index < -0.39 is 9.84 Å². The highest BCUT2D eigenvalue weighted by atomic mass is 32.2. The lowest BCUT2D eigenvalue weighted by Gasteiger charge is -2.23. The van der Waals surface area contributed by atoms with E-state index in [0.29, 0.717) is 5.56 Å². The monoisotopic (exact) mass is 269 g/mol. The summed E-state index contributed by atoms with van der Waals surface area (Å²) in [7, 11) is -3.12. The number of hydrogen-bond donors (Lipinski definition) is 2. The minimum atomic E-state index is -3.12. The fourth-order valence-corrected chi connectivity index (χ4v) is 4.03. The molecule has 0 aliphatic carbocycles. The van der Waals surface area contributed by atoms with Crippen LogP contribution in [0.2, 0.25) is 0 Å². The second-order valence-electron chi connectivity index (χ2n) is 4.87. The second-order valence-corrected chi connectivity index (χ2v) is 6.98. The van der Waals surface area contributed by atoms with Crippen molar-refractivity contribution in [1.82, 2.24) is 5.32 Å². The Morgan fingerprint density at radius 3 is 2.83 bits per heavy atom. The van der Waals surface area contributed by atoms with Gasteiger partial charge in [0.25, 0.3) is 0 Å². The first-order valence-corrected chi connectivity index (χ1v) is 8.09. The molecule has 100 valence electrons. The van der Waals surface area contributed by atoms with Crippen molar-refractivity contribution < 1.29 is 13.5 Å². The third-order valence-electron chi connectivity index (χ3n) is 3.16. The van der Waals surface area contributed by atoms with Crippen molar-refractivity contribution in [2.45, 2.75) is 31.1 Å². The molecule has 18 heavy (non-hydrogen) atoms.